The van der Waals surface area contributed by atoms with E-state index in [1.165, 1.54) is 44.2 Å². The highest BCUT2D eigenvalue weighted by molar-refractivity contribution is 5.42. The van der Waals surface area contributed by atoms with E-state index in [0.717, 1.165) is 12.5 Å². The second-order valence-electron chi connectivity index (χ2n) is 5.05. The number of hydrogen-bond acceptors (Lipinski definition) is 1. The molecule has 1 rings (SSSR count). The van der Waals surface area contributed by atoms with Gasteiger partial charge in [0.2, 0.25) is 0 Å². The maximum absolute atomic E-state index is 3.50. The topological polar surface area (TPSA) is 12.0 Å². The van der Waals surface area contributed by atoms with Crippen LogP contribution in [0.4, 0.5) is 5.69 Å². The van der Waals surface area contributed by atoms with Crippen molar-refractivity contribution in [3.05, 3.63) is 30.3 Å². The first-order valence-corrected chi connectivity index (χ1v) is 7.12. The van der Waals surface area contributed by atoms with Crippen LogP contribution in [-0.2, 0) is 0 Å². The van der Waals surface area contributed by atoms with Crippen molar-refractivity contribution in [1.29, 1.82) is 0 Å². The summed E-state index contributed by atoms with van der Waals surface area (Å²) in [7, 11) is 0. The van der Waals surface area contributed by atoms with Crippen molar-refractivity contribution < 1.29 is 0 Å². The van der Waals surface area contributed by atoms with Crippen LogP contribution in [-0.4, -0.2) is 6.54 Å². The van der Waals surface area contributed by atoms with E-state index in [1.807, 2.05) is 0 Å². The van der Waals surface area contributed by atoms with E-state index < -0.39 is 0 Å². The second kappa shape index (κ2) is 9.09. The Hall–Kier alpha value is -0.980. The summed E-state index contributed by atoms with van der Waals surface area (Å²) in [5.41, 5.74) is 1.24. The summed E-state index contributed by atoms with van der Waals surface area (Å²) in [6.07, 6.45) is 8.29. The van der Waals surface area contributed by atoms with Crippen molar-refractivity contribution in [2.45, 2.75) is 52.4 Å². The molecule has 0 bridgehead atoms. The normalized spacial score (nSPS) is 12.4. The maximum atomic E-state index is 3.50. The minimum Gasteiger partial charge on any atom is -0.385 e. The highest BCUT2D eigenvalue weighted by Gasteiger charge is 2.01. The van der Waals surface area contributed by atoms with E-state index >= 15 is 0 Å². The fourth-order valence-electron chi connectivity index (χ4n) is 2.05. The van der Waals surface area contributed by atoms with E-state index in [4.69, 9.17) is 0 Å². The first kappa shape index (κ1) is 14.1. The van der Waals surface area contributed by atoms with Crippen LogP contribution in [0.1, 0.15) is 52.4 Å². The van der Waals surface area contributed by atoms with Crippen molar-refractivity contribution >= 4 is 5.69 Å². The zero-order valence-electron chi connectivity index (χ0n) is 11.4. The van der Waals surface area contributed by atoms with Crippen LogP contribution in [0.25, 0.3) is 0 Å². The molecule has 0 aliphatic carbocycles. The third-order valence-corrected chi connectivity index (χ3v) is 3.23. The number of nitrogens with one attached hydrogen (secondary N) is 1. The van der Waals surface area contributed by atoms with Crippen molar-refractivity contribution in [2.24, 2.45) is 5.92 Å². The molecule has 17 heavy (non-hydrogen) atoms. The molecule has 96 valence electrons. The smallest absolute Gasteiger partial charge is 0.0340 e. The number of benzene rings is 1. The molecule has 0 amide bonds. The second-order valence-corrected chi connectivity index (χ2v) is 5.05. The predicted molar refractivity (Wildman–Crippen MR) is 77.5 cm³/mol. The Morgan fingerprint density at radius 1 is 1.00 bits per heavy atom. The molecule has 0 spiro atoms. The van der Waals surface area contributed by atoms with Gasteiger partial charge in [0.05, 0.1) is 0 Å². The SMILES string of the molecule is CCCCCCCC(C)CNc1ccccc1. The molecule has 0 fully saturated rings. The third-order valence-electron chi connectivity index (χ3n) is 3.23. The van der Waals surface area contributed by atoms with Gasteiger partial charge in [-0.15, -0.1) is 0 Å². The maximum Gasteiger partial charge on any atom is 0.0340 e. The Labute approximate surface area is 107 Å². The average Bonchev–Trinajstić information content (AvgIpc) is 2.37. The molecule has 1 N–H and O–H groups in total. The molecule has 0 aromatic heterocycles. The summed E-state index contributed by atoms with van der Waals surface area (Å²) >= 11 is 0. The Kier molecular flexibility index (Phi) is 7.53. The molecular formula is C16H27N. The minimum atomic E-state index is 0.775. The molecule has 0 heterocycles. The lowest BCUT2D eigenvalue weighted by Gasteiger charge is -2.13. The first-order chi connectivity index (χ1) is 8.33. The quantitative estimate of drug-likeness (QED) is 0.585. The summed E-state index contributed by atoms with van der Waals surface area (Å²) < 4.78 is 0. The number of rotatable bonds is 9. The number of hydrogen-bond donors (Lipinski definition) is 1. The summed E-state index contributed by atoms with van der Waals surface area (Å²) in [5, 5.41) is 3.50. The van der Waals surface area contributed by atoms with E-state index in [0.29, 0.717) is 0 Å². The van der Waals surface area contributed by atoms with E-state index in [2.05, 4.69) is 49.5 Å². The van der Waals surface area contributed by atoms with E-state index in [1.54, 1.807) is 0 Å². The molecule has 1 atom stereocenters. The molecule has 0 radical (unpaired) electrons. The van der Waals surface area contributed by atoms with E-state index in [-0.39, 0.29) is 0 Å². The Morgan fingerprint density at radius 3 is 2.41 bits per heavy atom. The molecule has 1 nitrogen and oxygen atoms in total. The highest BCUT2D eigenvalue weighted by Crippen LogP contribution is 2.13. The summed E-state index contributed by atoms with van der Waals surface area (Å²) in [5.74, 6) is 0.775. The van der Waals surface area contributed by atoms with Crippen LogP contribution in [0.5, 0.6) is 0 Å². The molecule has 1 aromatic carbocycles. The zero-order valence-corrected chi connectivity index (χ0v) is 11.4. The number of unbranched alkanes of at least 4 members (excludes halogenated alkanes) is 4. The van der Waals surface area contributed by atoms with Crippen LogP contribution in [0.2, 0.25) is 0 Å². The Morgan fingerprint density at radius 2 is 1.71 bits per heavy atom. The third kappa shape index (κ3) is 7.04. The molecule has 1 aromatic rings. The van der Waals surface area contributed by atoms with Gasteiger partial charge in [-0.3, -0.25) is 0 Å². The van der Waals surface area contributed by atoms with Gasteiger partial charge >= 0.3 is 0 Å². The fourth-order valence-corrected chi connectivity index (χ4v) is 2.05. The minimum absolute atomic E-state index is 0.775. The van der Waals surface area contributed by atoms with Crippen LogP contribution < -0.4 is 5.32 Å². The van der Waals surface area contributed by atoms with E-state index in [9.17, 15) is 0 Å². The fraction of sp³-hybridized carbons (Fsp3) is 0.625. The molecule has 0 saturated carbocycles. The lowest BCUT2D eigenvalue weighted by Crippen LogP contribution is -2.11. The van der Waals surface area contributed by atoms with Crippen LogP contribution in [0.3, 0.4) is 0 Å². The molecule has 0 aliphatic rings. The van der Waals surface area contributed by atoms with Gasteiger partial charge in [-0.2, -0.15) is 0 Å². The van der Waals surface area contributed by atoms with Crippen LogP contribution >= 0.6 is 0 Å². The summed E-state index contributed by atoms with van der Waals surface area (Å²) in [4.78, 5) is 0. The zero-order chi connectivity index (χ0) is 12.3. The molecule has 1 heteroatoms. The molecule has 0 aliphatic heterocycles. The van der Waals surface area contributed by atoms with Gasteiger partial charge in [0.1, 0.15) is 0 Å². The van der Waals surface area contributed by atoms with Crippen molar-refractivity contribution in [3.8, 4) is 0 Å². The lowest BCUT2D eigenvalue weighted by atomic mass is 10.0. The van der Waals surface area contributed by atoms with Crippen LogP contribution in [0.15, 0.2) is 30.3 Å². The number of para-hydroxylation sites is 1. The Bertz CT molecular complexity index is 268. The average molecular weight is 233 g/mol. The van der Waals surface area contributed by atoms with Gasteiger partial charge < -0.3 is 5.32 Å². The lowest BCUT2D eigenvalue weighted by molar-refractivity contribution is 0.503. The van der Waals surface area contributed by atoms with Crippen LogP contribution in [0, 0.1) is 5.92 Å². The van der Waals surface area contributed by atoms with Gasteiger partial charge in [-0.05, 0) is 24.5 Å². The largest absolute Gasteiger partial charge is 0.385 e. The van der Waals surface area contributed by atoms with Gasteiger partial charge in [0.25, 0.3) is 0 Å². The van der Waals surface area contributed by atoms with Gasteiger partial charge in [0.15, 0.2) is 0 Å². The van der Waals surface area contributed by atoms with Crippen molar-refractivity contribution in [1.82, 2.24) is 0 Å². The van der Waals surface area contributed by atoms with Crippen molar-refractivity contribution in [2.75, 3.05) is 11.9 Å². The van der Waals surface area contributed by atoms with Crippen molar-refractivity contribution in [3.63, 3.8) is 0 Å². The summed E-state index contributed by atoms with van der Waals surface area (Å²) in [6.45, 7) is 5.71. The highest BCUT2D eigenvalue weighted by atomic mass is 14.9. The predicted octanol–water partition coefficient (Wildman–Crippen LogP) is 5.10. The number of anilines is 1. The summed E-state index contributed by atoms with van der Waals surface area (Å²) in [6, 6.07) is 10.5. The molecule has 1 unspecified atom stereocenters. The first-order valence-electron chi connectivity index (χ1n) is 7.12. The van der Waals surface area contributed by atoms with Gasteiger partial charge in [-0.25, -0.2) is 0 Å². The monoisotopic (exact) mass is 233 g/mol. The van der Waals surface area contributed by atoms with Gasteiger partial charge in [-0.1, -0.05) is 64.2 Å². The Balaban J connectivity index is 2.03. The standard InChI is InChI=1S/C16H27N/c1-3-4-5-6-8-11-15(2)14-17-16-12-9-7-10-13-16/h7,9-10,12-13,15,17H,3-6,8,11,14H2,1-2H3. The van der Waals surface area contributed by atoms with Gasteiger partial charge in [0, 0.05) is 12.2 Å². The molecule has 0 saturated heterocycles. The molecular weight excluding hydrogens is 206 g/mol.